The van der Waals surface area contributed by atoms with Gasteiger partial charge in [0.05, 0.1) is 0 Å². The number of rotatable bonds is 6. The van der Waals surface area contributed by atoms with Gasteiger partial charge in [-0.05, 0) is 18.6 Å². The Labute approximate surface area is 156 Å². The number of guanidine groups is 1. The third kappa shape index (κ3) is 4.99. The summed E-state index contributed by atoms with van der Waals surface area (Å²) >= 11 is 0. The molecule has 2 aromatic rings. The van der Waals surface area contributed by atoms with Gasteiger partial charge in [-0.15, -0.1) is 0 Å². The molecule has 3 rings (SSSR count). The zero-order chi connectivity index (χ0) is 19.2. The van der Waals surface area contributed by atoms with Gasteiger partial charge >= 0.3 is 6.61 Å². The van der Waals surface area contributed by atoms with E-state index in [9.17, 15) is 8.78 Å². The van der Waals surface area contributed by atoms with Crippen molar-refractivity contribution in [1.29, 1.82) is 0 Å². The Morgan fingerprint density at radius 2 is 1.78 bits per heavy atom. The van der Waals surface area contributed by atoms with Crippen LogP contribution in [0.5, 0.6) is 17.2 Å². The van der Waals surface area contributed by atoms with E-state index in [1.807, 2.05) is 31.2 Å². The maximum Gasteiger partial charge on any atom is 0.387 e. The average molecular weight is 377 g/mol. The molecule has 0 aromatic heterocycles. The molecule has 0 fully saturated rings. The van der Waals surface area contributed by atoms with E-state index in [4.69, 9.17) is 9.47 Å². The standard InChI is InChI=1S/C19H21F2N3O3/c1-12-3-5-13(6-4-12)9-23-19(22-2)24-10-14-7-16-17(26-11-25-16)8-15(14)27-18(20)21/h3-8,18H,9-11H2,1-2H3,(H2,22,23,24). The van der Waals surface area contributed by atoms with Gasteiger partial charge in [-0.1, -0.05) is 29.8 Å². The van der Waals surface area contributed by atoms with Gasteiger partial charge in [0.15, 0.2) is 17.5 Å². The van der Waals surface area contributed by atoms with Crippen molar-refractivity contribution < 1.29 is 23.0 Å². The number of alkyl halides is 2. The Balaban J connectivity index is 1.64. The van der Waals surface area contributed by atoms with Gasteiger partial charge in [-0.3, -0.25) is 4.99 Å². The third-order valence-corrected chi connectivity index (χ3v) is 4.02. The summed E-state index contributed by atoms with van der Waals surface area (Å²) in [4.78, 5) is 4.15. The van der Waals surface area contributed by atoms with E-state index >= 15 is 0 Å². The van der Waals surface area contributed by atoms with Gasteiger partial charge < -0.3 is 24.8 Å². The van der Waals surface area contributed by atoms with Crippen LogP contribution in [0.2, 0.25) is 0 Å². The number of hydrogen-bond donors (Lipinski definition) is 2. The van der Waals surface area contributed by atoms with Crippen molar-refractivity contribution >= 4 is 5.96 Å². The van der Waals surface area contributed by atoms with Crippen LogP contribution in [0.15, 0.2) is 41.4 Å². The first-order chi connectivity index (χ1) is 13.0. The number of benzene rings is 2. The maximum absolute atomic E-state index is 12.7. The molecular formula is C19H21F2N3O3. The zero-order valence-electron chi connectivity index (χ0n) is 15.1. The highest BCUT2D eigenvalue weighted by molar-refractivity contribution is 5.79. The summed E-state index contributed by atoms with van der Waals surface area (Å²) in [6.45, 7) is -0.0289. The number of nitrogens with one attached hydrogen (secondary N) is 2. The third-order valence-electron chi connectivity index (χ3n) is 4.02. The predicted molar refractivity (Wildman–Crippen MR) is 97.4 cm³/mol. The molecular weight excluding hydrogens is 356 g/mol. The van der Waals surface area contributed by atoms with Crippen LogP contribution in [0.25, 0.3) is 0 Å². The van der Waals surface area contributed by atoms with Crippen molar-refractivity contribution in [2.45, 2.75) is 26.6 Å². The highest BCUT2D eigenvalue weighted by atomic mass is 19.3. The van der Waals surface area contributed by atoms with Crippen molar-refractivity contribution in [2.75, 3.05) is 13.8 Å². The molecule has 1 aliphatic rings. The number of aryl methyl sites for hydroxylation is 1. The molecule has 27 heavy (non-hydrogen) atoms. The van der Waals surface area contributed by atoms with E-state index in [2.05, 4.69) is 20.4 Å². The Morgan fingerprint density at radius 1 is 1.11 bits per heavy atom. The first-order valence-electron chi connectivity index (χ1n) is 8.42. The molecule has 0 saturated heterocycles. The molecule has 0 saturated carbocycles. The number of fused-ring (bicyclic) bond motifs is 1. The summed E-state index contributed by atoms with van der Waals surface area (Å²) in [5, 5.41) is 6.27. The topological polar surface area (TPSA) is 64.1 Å². The minimum absolute atomic E-state index is 0.0377. The molecule has 144 valence electrons. The lowest BCUT2D eigenvalue weighted by molar-refractivity contribution is -0.0505. The maximum atomic E-state index is 12.7. The second-order valence-corrected chi connectivity index (χ2v) is 5.96. The lowest BCUT2D eigenvalue weighted by Gasteiger charge is -2.15. The van der Waals surface area contributed by atoms with Gasteiger partial charge in [0.1, 0.15) is 5.75 Å². The molecule has 0 spiro atoms. The fourth-order valence-corrected chi connectivity index (χ4v) is 2.60. The molecule has 1 heterocycles. The van der Waals surface area contributed by atoms with E-state index < -0.39 is 6.61 Å². The fourth-order valence-electron chi connectivity index (χ4n) is 2.60. The van der Waals surface area contributed by atoms with Crippen molar-refractivity contribution in [3.8, 4) is 17.2 Å². The Kier molecular flexibility index (Phi) is 5.95. The predicted octanol–water partition coefficient (Wildman–Crippen LogP) is 3.19. The van der Waals surface area contributed by atoms with Gasteiger partial charge in [0, 0.05) is 31.8 Å². The van der Waals surface area contributed by atoms with E-state index in [0.717, 1.165) is 5.56 Å². The second kappa shape index (κ2) is 8.57. The van der Waals surface area contributed by atoms with Gasteiger partial charge in [-0.25, -0.2) is 0 Å². The van der Waals surface area contributed by atoms with Crippen molar-refractivity contribution in [2.24, 2.45) is 4.99 Å². The Hall–Kier alpha value is -3.03. The van der Waals surface area contributed by atoms with E-state index in [0.29, 0.717) is 29.6 Å². The molecule has 6 nitrogen and oxygen atoms in total. The van der Waals surface area contributed by atoms with E-state index in [1.54, 1.807) is 13.1 Å². The first kappa shape index (κ1) is 18.8. The van der Waals surface area contributed by atoms with Crippen LogP contribution in [0, 0.1) is 6.92 Å². The molecule has 2 aromatic carbocycles. The fraction of sp³-hybridized carbons (Fsp3) is 0.316. The molecule has 0 amide bonds. The normalized spacial score (nSPS) is 13.0. The van der Waals surface area contributed by atoms with Gasteiger partial charge in [-0.2, -0.15) is 8.78 Å². The molecule has 1 aliphatic heterocycles. The highest BCUT2D eigenvalue weighted by Gasteiger charge is 2.20. The van der Waals surface area contributed by atoms with Crippen LogP contribution in [-0.2, 0) is 13.1 Å². The number of nitrogens with zero attached hydrogens (tertiary/aromatic N) is 1. The largest absolute Gasteiger partial charge is 0.454 e. The van der Waals surface area contributed by atoms with E-state index in [1.165, 1.54) is 11.6 Å². The number of halogens is 2. The number of ether oxygens (including phenoxy) is 3. The Morgan fingerprint density at radius 3 is 2.44 bits per heavy atom. The monoisotopic (exact) mass is 377 g/mol. The van der Waals surface area contributed by atoms with Crippen LogP contribution in [0.4, 0.5) is 8.78 Å². The molecule has 0 radical (unpaired) electrons. The van der Waals surface area contributed by atoms with Crippen LogP contribution in [-0.4, -0.2) is 26.4 Å². The molecule has 2 N–H and O–H groups in total. The van der Waals surface area contributed by atoms with E-state index in [-0.39, 0.29) is 19.1 Å². The lowest BCUT2D eigenvalue weighted by atomic mass is 10.1. The highest BCUT2D eigenvalue weighted by Crippen LogP contribution is 2.38. The summed E-state index contributed by atoms with van der Waals surface area (Å²) in [6.07, 6.45) is 0. The summed E-state index contributed by atoms with van der Waals surface area (Å²) in [5.41, 5.74) is 2.81. The second-order valence-electron chi connectivity index (χ2n) is 5.96. The van der Waals surface area contributed by atoms with Crippen LogP contribution in [0.1, 0.15) is 16.7 Å². The quantitative estimate of drug-likeness (QED) is 0.598. The lowest BCUT2D eigenvalue weighted by Crippen LogP contribution is -2.36. The van der Waals surface area contributed by atoms with Crippen molar-refractivity contribution in [3.05, 3.63) is 53.1 Å². The summed E-state index contributed by atoms with van der Waals surface area (Å²) < 4.78 is 40.5. The summed E-state index contributed by atoms with van der Waals surface area (Å²) in [6, 6.07) is 11.2. The molecule has 8 heteroatoms. The molecule has 0 aliphatic carbocycles. The van der Waals surface area contributed by atoms with Crippen molar-refractivity contribution in [1.82, 2.24) is 10.6 Å². The van der Waals surface area contributed by atoms with Gasteiger partial charge in [0.2, 0.25) is 6.79 Å². The molecule has 0 bridgehead atoms. The molecule has 0 unspecified atom stereocenters. The number of aliphatic imine (C=N–C) groups is 1. The van der Waals surface area contributed by atoms with Crippen molar-refractivity contribution in [3.63, 3.8) is 0 Å². The molecule has 0 atom stereocenters. The summed E-state index contributed by atoms with van der Waals surface area (Å²) in [7, 11) is 1.64. The van der Waals surface area contributed by atoms with Gasteiger partial charge in [0.25, 0.3) is 0 Å². The smallest absolute Gasteiger partial charge is 0.387 e. The summed E-state index contributed by atoms with van der Waals surface area (Å²) in [5.74, 6) is 1.46. The first-order valence-corrected chi connectivity index (χ1v) is 8.42. The zero-order valence-corrected chi connectivity index (χ0v) is 15.1. The SMILES string of the molecule is CN=C(NCc1ccc(C)cc1)NCc1cc2c(cc1OC(F)F)OCO2. The average Bonchev–Trinajstić information content (AvgIpc) is 3.10. The van der Waals surface area contributed by atoms with Crippen LogP contribution < -0.4 is 24.8 Å². The minimum Gasteiger partial charge on any atom is -0.454 e. The minimum atomic E-state index is -2.93. The number of hydrogen-bond acceptors (Lipinski definition) is 4. The van der Waals surface area contributed by atoms with Crippen LogP contribution in [0.3, 0.4) is 0 Å². The Bertz CT molecular complexity index is 811. The van der Waals surface area contributed by atoms with Crippen LogP contribution >= 0.6 is 0 Å².